The van der Waals surface area contributed by atoms with Gasteiger partial charge in [0.2, 0.25) is 11.9 Å². The number of benzene rings is 2. The molecule has 6 rings (SSSR count). The fraction of sp³-hybridized carbons (Fsp3) is 0.286. The Morgan fingerprint density at radius 1 is 1.03 bits per heavy atom. The van der Waals surface area contributed by atoms with Gasteiger partial charge >= 0.3 is 0 Å². The smallest absolute Gasteiger partial charge is 0.255 e. The number of nitrogens with zero attached hydrogens (tertiary/aromatic N) is 4. The van der Waals surface area contributed by atoms with E-state index in [1.807, 2.05) is 67.3 Å². The van der Waals surface area contributed by atoms with Gasteiger partial charge in [0.1, 0.15) is 5.82 Å². The highest BCUT2D eigenvalue weighted by Crippen LogP contribution is 2.36. The molecule has 1 fully saturated rings. The maximum atomic E-state index is 13.2. The van der Waals surface area contributed by atoms with Crippen LogP contribution in [-0.4, -0.2) is 51.6 Å². The Labute approximate surface area is 213 Å². The lowest BCUT2D eigenvalue weighted by Gasteiger charge is -2.27. The van der Waals surface area contributed by atoms with Crippen molar-refractivity contribution in [3.63, 3.8) is 0 Å². The number of H-pyrrole nitrogens is 1. The van der Waals surface area contributed by atoms with Gasteiger partial charge in [-0.05, 0) is 32.4 Å². The summed E-state index contributed by atoms with van der Waals surface area (Å²) in [6.07, 6.45) is 0.463. The molecule has 0 atom stereocenters. The van der Waals surface area contributed by atoms with Gasteiger partial charge in [-0.2, -0.15) is 0 Å². The molecule has 1 amide bonds. The molecule has 9 heteroatoms. The number of nitrogens with one attached hydrogen (secondary N) is 2. The molecule has 1 saturated heterocycles. The Morgan fingerprint density at radius 3 is 2.54 bits per heavy atom. The summed E-state index contributed by atoms with van der Waals surface area (Å²) in [6.45, 7) is 6.39. The van der Waals surface area contributed by atoms with Crippen LogP contribution in [0.1, 0.15) is 23.5 Å². The van der Waals surface area contributed by atoms with E-state index in [2.05, 4.69) is 19.7 Å². The first-order chi connectivity index (χ1) is 18.0. The van der Waals surface area contributed by atoms with Crippen molar-refractivity contribution in [1.29, 1.82) is 0 Å². The Hall–Kier alpha value is -4.24. The second-order valence-electron chi connectivity index (χ2n) is 9.35. The number of rotatable bonds is 5. The molecule has 1 aliphatic rings. The minimum Gasteiger partial charge on any atom is -0.378 e. The number of amides is 1. The molecule has 5 aromatic rings. The number of anilines is 2. The molecule has 3 aromatic heterocycles. The van der Waals surface area contributed by atoms with Crippen LogP contribution in [0.4, 0.5) is 11.6 Å². The molecule has 0 radical (unpaired) electrons. The summed E-state index contributed by atoms with van der Waals surface area (Å²) in [5.74, 6) is 1.24. The second-order valence-corrected chi connectivity index (χ2v) is 9.35. The quantitative estimate of drug-likeness (QED) is 0.384. The predicted molar refractivity (Wildman–Crippen MR) is 145 cm³/mol. The Balaban J connectivity index is 1.31. The van der Waals surface area contributed by atoms with Crippen molar-refractivity contribution in [2.75, 3.05) is 36.5 Å². The maximum Gasteiger partial charge on any atom is 0.255 e. The third kappa shape index (κ3) is 4.11. The number of aryl methyl sites for hydroxylation is 2. The van der Waals surface area contributed by atoms with E-state index in [-0.39, 0.29) is 17.9 Å². The van der Waals surface area contributed by atoms with Gasteiger partial charge in [-0.25, -0.2) is 9.97 Å². The van der Waals surface area contributed by atoms with E-state index < -0.39 is 0 Å². The first-order valence-electron chi connectivity index (χ1n) is 12.5. The number of carbonyl (C=O) groups is 1. The van der Waals surface area contributed by atoms with E-state index in [0.29, 0.717) is 49.9 Å². The van der Waals surface area contributed by atoms with Crippen LogP contribution in [0.25, 0.3) is 27.3 Å². The predicted octanol–water partition coefficient (Wildman–Crippen LogP) is 3.75. The van der Waals surface area contributed by atoms with Gasteiger partial charge in [0, 0.05) is 41.5 Å². The lowest BCUT2D eigenvalue weighted by atomic mass is 10.1. The standard InChI is InChI=1S/C28H28N6O3/c1-17-19(27(36)32-28(29-17)33-13-15-37-16-14-33)11-12-24(35)31-25-21-8-4-6-10-23(21)34-18(2)30-22-9-5-3-7-20(22)26(25)34/h3-10H,11-16H2,1-2H3,(H,31,35)(H,29,32,36). The molecule has 0 saturated carbocycles. The zero-order valence-corrected chi connectivity index (χ0v) is 20.9. The summed E-state index contributed by atoms with van der Waals surface area (Å²) in [7, 11) is 0. The number of hydrogen-bond acceptors (Lipinski definition) is 6. The first kappa shape index (κ1) is 23.2. The topological polar surface area (TPSA) is 105 Å². The van der Waals surface area contributed by atoms with Crippen molar-refractivity contribution in [2.45, 2.75) is 26.7 Å². The third-order valence-electron chi connectivity index (χ3n) is 7.03. The van der Waals surface area contributed by atoms with Crippen molar-refractivity contribution in [1.82, 2.24) is 19.4 Å². The highest BCUT2D eigenvalue weighted by molar-refractivity contribution is 6.16. The van der Waals surface area contributed by atoms with Crippen molar-refractivity contribution in [3.05, 3.63) is 76.0 Å². The van der Waals surface area contributed by atoms with Gasteiger partial charge < -0.3 is 15.0 Å². The largest absolute Gasteiger partial charge is 0.378 e. The van der Waals surface area contributed by atoms with E-state index in [1.165, 1.54) is 0 Å². The van der Waals surface area contributed by atoms with E-state index in [4.69, 9.17) is 9.72 Å². The molecule has 1 aliphatic heterocycles. The summed E-state index contributed by atoms with van der Waals surface area (Å²) in [6, 6.07) is 15.9. The number of ether oxygens (including phenoxy) is 1. The van der Waals surface area contributed by atoms with Gasteiger partial charge in [-0.1, -0.05) is 36.4 Å². The number of aromatic amines is 1. The lowest BCUT2D eigenvalue weighted by molar-refractivity contribution is -0.116. The monoisotopic (exact) mass is 496 g/mol. The van der Waals surface area contributed by atoms with Crippen molar-refractivity contribution in [3.8, 4) is 0 Å². The van der Waals surface area contributed by atoms with E-state index in [1.54, 1.807) is 0 Å². The van der Waals surface area contributed by atoms with Crippen LogP contribution < -0.4 is 15.8 Å². The molecule has 0 bridgehead atoms. The van der Waals surface area contributed by atoms with Gasteiger partial charge in [0.05, 0.1) is 35.5 Å². The zero-order valence-electron chi connectivity index (χ0n) is 20.9. The van der Waals surface area contributed by atoms with Crippen molar-refractivity contribution < 1.29 is 9.53 Å². The molecule has 2 aromatic carbocycles. The van der Waals surface area contributed by atoms with Crippen molar-refractivity contribution in [2.24, 2.45) is 0 Å². The number of hydrogen-bond donors (Lipinski definition) is 2. The average molecular weight is 497 g/mol. The van der Waals surface area contributed by atoms with Gasteiger partial charge in [-0.15, -0.1) is 0 Å². The number of para-hydroxylation sites is 2. The molecule has 2 N–H and O–H groups in total. The minimum absolute atomic E-state index is 0.159. The summed E-state index contributed by atoms with van der Waals surface area (Å²) in [5, 5.41) is 5.07. The number of fused-ring (bicyclic) bond motifs is 5. The van der Waals surface area contributed by atoms with Crippen LogP contribution in [0.2, 0.25) is 0 Å². The Bertz CT molecular complexity index is 1710. The first-order valence-corrected chi connectivity index (χ1v) is 12.5. The van der Waals surface area contributed by atoms with E-state index >= 15 is 0 Å². The Kier molecular flexibility index (Phi) is 5.84. The average Bonchev–Trinajstić information content (AvgIpc) is 3.23. The molecule has 188 valence electrons. The van der Waals surface area contributed by atoms with Crippen LogP contribution in [0, 0.1) is 13.8 Å². The van der Waals surface area contributed by atoms with Gasteiger partial charge in [-0.3, -0.25) is 19.0 Å². The van der Waals surface area contributed by atoms with Crippen LogP contribution >= 0.6 is 0 Å². The second kappa shape index (κ2) is 9.33. The fourth-order valence-electron chi connectivity index (χ4n) is 5.21. The molecule has 0 aliphatic carbocycles. The van der Waals surface area contributed by atoms with Crippen LogP contribution in [0.15, 0.2) is 53.3 Å². The molecule has 0 unspecified atom stereocenters. The minimum atomic E-state index is -0.200. The fourth-order valence-corrected chi connectivity index (χ4v) is 5.21. The van der Waals surface area contributed by atoms with Crippen LogP contribution in [0.3, 0.4) is 0 Å². The molecule has 0 spiro atoms. The highest BCUT2D eigenvalue weighted by Gasteiger charge is 2.20. The normalized spacial score (nSPS) is 14.1. The van der Waals surface area contributed by atoms with Gasteiger partial charge in [0.15, 0.2) is 0 Å². The SMILES string of the molecule is Cc1nc(N2CCOCC2)[nH]c(=O)c1CCC(=O)Nc1c2ccccc2n2c(C)nc3ccccc3c12. The van der Waals surface area contributed by atoms with Crippen molar-refractivity contribution >= 4 is 44.9 Å². The molecule has 9 nitrogen and oxygen atoms in total. The molecule has 37 heavy (non-hydrogen) atoms. The lowest BCUT2D eigenvalue weighted by Crippen LogP contribution is -2.38. The number of aromatic nitrogens is 4. The zero-order chi connectivity index (χ0) is 25.5. The van der Waals surface area contributed by atoms with Crippen LogP contribution in [-0.2, 0) is 16.0 Å². The summed E-state index contributed by atoms with van der Waals surface area (Å²) >= 11 is 0. The molecular weight excluding hydrogens is 468 g/mol. The number of morpholine rings is 1. The maximum absolute atomic E-state index is 13.2. The van der Waals surface area contributed by atoms with Crippen LogP contribution in [0.5, 0.6) is 0 Å². The van der Waals surface area contributed by atoms with E-state index in [9.17, 15) is 9.59 Å². The highest BCUT2D eigenvalue weighted by atomic mass is 16.5. The summed E-state index contributed by atoms with van der Waals surface area (Å²) < 4.78 is 7.48. The Morgan fingerprint density at radius 2 is 1.76 bits per heavy atom. The summed E-state index contributed by atoms with van der Waals surface area (Å²) in [5.41, 5.74) is 4.51. The van der Waals surface area contributed by atoms with E-state index in [0.717, 1.165) is 38.8 Å². The van der Waals surface area contributed by atoms with Gasteiger partial charge in [0.25, 0.3) is 5.56 Å². The number of carbonyl (C=O) groups excluding carboxylic acids is 1. The summed E-state index contributed by atoms with van der Waals surface area (Å²) in [4.78, 5) is 40.4. The molecular formula is C28H28N6O3. The molecule has 4 heterocycles. The third-order valence-corrected chi connectivity index (χ3v) is 7.03.